The minimum Gasteiger partial charge on any atom is -0.380 e. The molecule has 1 atom stereocenters. The van der Waals surface area contributed by atoms with Crippen molar-refractivity contribution in [2.24, 2.45) is 0 Å². The molecular formula is C17H26FN3O2. The first-order valence-electron chi connectivity index (χ1n) is 8.29. The number of carbonyl (C=O) groups is 1. The molecule has 6 heteroatoms. The first-order chi connectivity index (χ1) is 11.1. The zero-order valence-electron chi connectivity index (χ0n) is 13.9. The van der Waals surface area contributed by atoms with E-state index in [2.05, 4.69) is 10.6 Å². The lowest BCUT2D eigenvalue weighted by atomic mass is 10.2. The van der Waals surface area contributed by atoms with Crippen LogP contribution in [0, 0.1) is 5.82 Å². The number of nitrogens with one attached hydrogen (secondary N) is 2. The maximum atomic E-state index is 14.1. The summed E-state index contributed by atoms with van der Waals surface area (Å²) in [5, 5.41) is 5.80. The minimum absolute atomic E-state index is 0.131. The molecule has 1 heterocycles. The fourth-order valence-corrected chi connectivity index (χ4v) is 2.62. The third kappa shape index (κ3) is 5.48. The average Bonchev–Trinajstić information content (AvgIpc) is 3.05. The van der Waals surface area contributed by atoms with Crippen LogP contribution in [0.5, 0.6) is 0 Å². The van der Waals surface area contributed by atoms with E-state index in [4.69, 9.17) is 4.74 Å². The number of benzene rings is 1. The van der Waals surface area contributed by atoms with Crippen molar-refractivity contribution in [3.05, 3.63) is 24.0 Å². The molecule has 1 fully saturated rings. The molecule has 1 amide bonds. The molecule has 0 radical (unpaired) electrons. The molecule has 2 rings (SSSR count). The van der Waals surface area contributed by atoms with Crippen LogP contribution in [-0.2, 0) is 9.53 Å². The Morgan fingerprint density at radius 1 is 1.39 bits per heavy atom. The van der Waals surface area contributed by atoms with Crippen molar-refractivity contribution >= 4 is 17.3 Å². The predicted molar refractivity (Wildman–Crippen MR) is 90.3 cm³/mol. The molecule has 2 N–H and O–H groups in total. The highest BCUT2D eigenvalue weighted by atomic mass is 19.1. The molecule has 0 aromatic heterocycles. The number of nitrogens with zero attached hydrogens (tertiary/aromatic N) is 1. The first kappa shape index (κ1) is 17.7. The van der Waals surface area contributed by atoms with Gasteiger partial charge in [0.1, 0.15) is 5.82 Å². The lowest BCUT2D eigenvalue weighted by Gasteiger charge is -2.17. The van der Waals surface area contributed by atoms with Crippen LogP contribution in [0.25, 0.3) is 0 Å². The van der Waals surface area contributed by atoms with E-state index in [-0.39, 0.29) is 17.8 Å². The number of hydrogen-bond donors (Lipinski definition) is 2. The van der Waals surface area contributed by atoms with Crippen molar-refractivity contribution in [3.63, 3.8) is 0 Å². The van der Waals surface area contributed by atoms with Crippen LogP contribution >= 0.6 is 0 Å². The van der Waals surface area contributed by atoms with E-state index in [1.807, 2.05) is 18.7 Å². The second-order valence-corrected chi connectivity index (χ2v) is 5.72. The number of anilines is 2. The summed E-state index contributed by atoms with van der Waals surface area (Å²) in [6.07, 6.45) is 2.23. The van der Waals surface area contributed by atoms with Crippen LogP contribution in [-0.4, -0.2) is 49.7 Å². The van der Waals surface area contributed by atoms with Gasteiger partial charge in [0.25, 0.3) is 0 Å². The Morgan fingerprint density at radius 3 is 2.78 bits per heavy atom. The number of hydrogen-bond acceptors (Lipinski definition) is 4. The Hall–Kier alpha value is -1.66. The van der Waals surface area contributed by atoms with E-state index < -0.39 is 0 Å². The summed E-state index contributed by atoms with van der Waals surface area (Å²) in [5.41, 5.74) is 0.907. The van der Waals surface area contributed by atoms with Crippen LogP contribution < -0.4 is 10.6 Å². The van der Waals surface area contributed by atoms with Crippen molar-refractivity contribution in [3.8, 4) is 0 Å². The molecule has 1 saturated heterocycles. The normalized spacial score (nSPS) is 17.5. The van der Waals surface area contributed by atoms with E-state index in [9.17, 15) is 9.18 Å². The van der Waals surface area contributed by atoms with Crippen LogP contribution in [0.4, 0.5) is 15.8 Å². The summed E-state index contributed by atoms with van der Waals surface area (Å²) in [6.45, 7) is 7.33. The van der Waals surface area contributed by atoms with Crippen molar-refractivity contribution in [2.75, 3.05) is 43.4 Å². The molecule has 0 aliphatic carbocycles. The topological polar surface area (TPSA) is 53.6 Å². The molecule has 0 saturated carbocycles. The van der Waals surface area contributed by atoms with E-state index in [1.165, 1.54) is 6.07 Å². The molecule has 0 unspecified atom stereocenters. The van der Waals surface area contributed by atoms with Gasteiger partial charge in [-0.3, -0.25) is 9.69 Å². The van der Waals surface area contributed by atoms with Gasteiger partial charge in [0, 0.05) is 18.8 Å². The van der Waals surface area contributed by atoms with E-state index >= 15 is 0 Å². The molecule has 5 nitrogen and oxygen atoms in total. The number of amides is 1. The van der Waals surface area contributed by atoms with Gasteiger partial charge in [-0.25, -0.2) is 4.39 Å². The van der Waals surface area contributed by atoms with Crippen LogP contribution in [0.3, 0.4) is 0 Å². The van der Waals surface area contributed by atoms with Gasteiger partial charge in [0.15, 0.2) is 0 Å². The zero-order valence-corrected chi connectivity index (χ0v) is 13.9. The molecule has 0 bridgehead atoms. The van der Waals surface area contributed by atoms with E-state index in [0.717, 1.165) is 32.5 Å². The van der Waals surface area contributed by atoms with Gasteiger partial charge in [0.05, 0.1) is 18.3 Å². The average molecular weight is 323 g/mol. The molecular weight excluding hydrogens is 297 g/mol. The van der Waals surface area contributed by atoms with Gasteiger partial charge in [-0.1, -0.05) is 13.8 Å². The summed E-state index contributed by atoms with van der Waals surface area (Å²) in [6, 6.07) is 4.70. The van der Waals surface area contributed by atoms with Crippen molar-refractivity contribution < 1.29 is 13.9 Å². The third-order valence-electron chi connectivity index (χ3n) is 4.06. The smallest absolute Gasteiger partial charge is 0.238 e. The van der Waals surface area contributed by atoms with E-state index in [0.29, 0.717) is 24.5 Å². The summed E-state index contributed by atoms with van der Waals surface area (Å²) in [4.78, 5) is 13.9. The largest absolute Gasteiger partial charge is 0.380 e. The molecule has 23 heavy (non-hydrogen) atoms. The van der Waals surface area contributed by atoms with Gasteiger partial charge < -0.3 is 15.4 Å². The van der Waals surface area contributed by atoms with Gasteiger partial charge in [-0.15, -0.1) is 0 Å². The predicted octanol–water partition coefficient (Wildman–Crippen LogP) is 2.70. The van der Waals surface area contributed by atoms with Crippen molar-refractivity contribution in [1.82, 2.24) is 4.90 Å². The Labute approximate surface area is 137 Å². The monoisotopic (exact) mass is 323 g/mol. The maximum absolute atomic E-state index is 14.1. The summed E-state index contributed by atoms with van der Waals surface area (Å²) in [7, 11) is 0. The Balaban J connectivity index is 1.86. The molecule has 1 aromatic carbocycles. The van der Waals surface area contributed by atoms with Crippen LogP contribution in [0.1, 0.15) is 26.7 Å². The number of likely N-dealkylation sites (N-methyl/N-ethyl adjacent to an activating group) is 1. The standard InChI is InChI=1S/C17H26FN3O2/c1-3-21(4-2)12-17(22)20-13-7-8-16(15(18)10-13)19-11-14-6-5-9-23-14/h7-8,10,14,19H,3-6,9,11-12H2,1-2H3,(H,20,22)/t14-/m0/s1. The Bertz CT molecular complexity index is 515. The molecule has 128 valence electrons. The summed E-state index contributed by atoms with van der Waals surface area (Å²) in [5.74, 6) is -0.503. The van der Waals surface area contributed by atoms with Gasteiger partial charge in [-0.05, 0) is 44.1 Å². The van der Waals surface area contributed by atoms with E-state index in [1.54, 1.807) is 12.1 Å². The Kier molecular flexibility index (Phi) is 6.80. The second-order valence-electron chi connectivity index (χ2n) is 5.72. The Morgan fingerprint density at radius 2 is 2.17 bits per heavy atom. The zero-order chi connectivity index (χ0) is 16.7. The van der Waals surface area contributed by atoms with Crippen molar-refractivity contribution in [2.45, 2.75) is 32.8 Å². The SMILES string of the molecule is CCN(CC)CC(=O)Nc1ccc(NC[C@@H]2CCCO2)c(F)c1. The molecule has 1 aliphatic rings. The molecule has 1 aliphatic heterocycles. The quantitative estimate of drug-likeness (QED) is 0.772. The summed E-state index contributed by atoms with van der Waals surface area (Å²) >= 11 is 0. The highest BCUT2D eigenvalue weighted by Crippen LogP contribution is 2.20. The van der Waals surface area contributed by atoms with Crippen molar-refractivity contribution in [1.29, 1.82) is 0 Å². The lowest BCUT2D eigenvalue weighted by Crippen LogP contribution is -2.32. The number of carbonyl (C=O) groups excluding carboxylic acids is 1. The van der Waals surface area contributed by atoms with Crippen LogP contribution in [0.15, 0.2) is 18.2 Å². The van der Waals surface area contributed by atoms with Gasteiger partial charge in [0.2, 0.25) is 5.91 Å². The minimum atomic E-state index is -0.372. The number of halogens is 1. The third-order valence-corrected chi connectivity index (χ3v) is 4.06. The maximum Gasteiger partial charge on any atom is 0.238 e. The highest BCUT2D eigenvalue weighted by molar-refractivity contribution is 5.92. The second kappa shape index (κ2) is 8.84. The fourth-order valence-electron chi connectivity index (χ4n) is 2.62. The molecule has 1 aromatic rings. The van der Waals surface area contributed by atoms with Crippen LogP contribution in [0.2, 0.25) is 0 Å². The lowest BCUT2D eigenvalue weighted by molar-refractivity contribution is -0.117. The highest BCUT2D eigenvalue weighted by Gasteiger charge is 2.16. The van der Waals surface area contributed by atoms with Gasteiger partial charge in [-0.2, -0.15) is 0 Å². The number of ether oxygens (including phenoxy) is 1. The number of rotatable bonds is 8. The summed E-state index contributed by atoms with van der Waals surface area (Å²) < 4.78 is 19.6. The van der Waals surface area contributed by atoms with Gasteiger partial charge >= 0.3 is 0 Å². The fraction of sp³-hybridized carbons (Fsp3) is 0.588. The molecule has 0 spiro atoms. The first-order valence-corrected chi connectivity index (χ1v) is 8.29.